The van der Waals surface area contributed by atoms with Gasteiger partial charge in [0.2, 0.25) is 0 Å². The molecule has 3 aromatic rings. The van der Waals surface area contributed by atoms with Crippen molar-refractivity contribution in [2.45, 2.75) is 10.6 Å². The zero-order valence-corrected chi connectivity index (χ0v) is 11.7. The van der Waals surface area contributed by atoms with Crippen molar-refractivity contribution in [3.63, 3.8) is 0 Å². The van der Waals surface area contributed by atoms with Crippen LogP contribution in [-0.2, 0) is 5.75 Å². The van der Waals surface area contributed by atoms with Crippen LogP contribution in [-0.4, -0.2) is 20.5 Å². The van der Waals surface area contributed by atoms with Gasteiger partial charge >= 0.3 is 5.97 Å². The van der Waals surface area contributed by atoms with E-state index >= 15 is 0 Å². The van der Waals surface area contributed by atoms with Gasteiger partial charge in [0.25, 0.3) is 0 Å². The minimum absolute atomic E-state index is 0.305. The molecule has 3 rings (SSSR count). The van der Waals surface area contributed by atoms with Gasteiger partial charge in [-0.3, -0.25) is 4.40 Å². The third kappa shape index (κ3) is 2.54. The fraction of sp³-hybridized carbons (Fsp3) is 0.0769. The second kappa shape index (κ2) is 5.26. The molecular formula is C13H9FN2O2S2. The smallest absolute Gasteiger partial charge is 0.338 e. The van der Waals surface area contributed by atoms with Gasteiger partial charge in [0.05, 0.1) is 11.3 Å². The molecule has 0 aliphatic heterocycles. The minimum Gasteiger partial charge on any atom is -0.478 e. The molecule has 0 radical (unpaired) electrons. The lowest BCUT2D eigenvalue weighted by Crippen LogP contribution is -2.00. The third-order valence-corrected chi connectivity index (χ3v) is 4.50. The number of aromatic nitrogens is 2. The van der Waals surface area contributed by atoms with Crippen molar-refractivity contribution >= 4 is 34.0 Å². The average Bonchev–Trinajstić information content (AvgIpc) is 2.98. The summed E-state index contributed by atoms with van der Waals surface area (Å²) >= 11 is 2.98. The number of aromatic carboxylic acids is 1. The minimum atomic E-state index is -1.26. The van der Waals surface area contributed by atoms with Crippen molar-refractivity contribution in [1.82, 2.24) is 9.38 Å². The van der Waals surface area contributed by atoms with E-state index in [1.165, 1.54) is 23.9 Å². The highest BCUT2D eigenvalue weighted by Gasteiger charge is 2.11. The molecule has 1 aromatic carbocycles. The normalized spacial score (nSPS) is 11.1. The summed E-state index contributed by atoms with van der Waals surface area (Å²) in [5, 5.41) is 10.8. The summed E-state index contributed by atoms with van der Waals surface area (Å²) in [5.41, 5.74) is 0.601. The van der Waals surface area contributed by atoms with E-state index in [0.717, 1.165) is 10.7 Å². The van der Waals surface area contributed by atoms with Crippen molar-refractivity contribution in [3.8, 4) is 0 Å². The number of thioether (sulfide) groups is 1. The number of halogens is 1. The molecule has 2 heterocycles. The second-order valence-electron chi connectivity index (χ2n) is 4.06. The monoisotopic (exact) mass is 308 g/mol. The predicted molar refractivity (Wildman–Crippen MR) is 76.0 cm³/mol. The molecule has 4 nitrogen and oxygen atoms in total. The standard InChI is InChI=1S/C13H9FN2O2S2/c14-11-2-1-9(5-10(11)12(17)18)20-7-8-6-16-3-4-19-13(16)15-8/h1-6H,7H2,(H,17,18). The van der Waals surface area contributed by atoms with Crippen LogP contribution in [0, 0.1) is 5.82 Å². The molecule has 102 valence electrons. The van der Waals surface area contributed by atoms with Gasteiger partial charge in [0.1, 0.15) is 5.82 Å². The summed E-state index contributed by atoms with van der Waals surface area (Å²) < 4.78 is 15.2. The lowest BCUT2D eigenvalue weighted by molar-refractivity contribution is 0.0691. The second-order valence-corrected chi connectivity index (χ2v) is 5.98. The van der Waals surface area contributed by atoms with Crippen molar-refractivity contribution in [3.05, 3.63) is 53.0 Å². The van der Waals surface area contributed by atoms with Gasteiger partial charge in [0.15, 0.2) is 4.96 Å². The molecule has 0 amide bonds. The number of hydrogen-bond acceptors (Lipinski definition) is 4. The van der Waals surface area contributed by atoms with Gasteiger partial charge in [0, 0.05) is 28.4 Å². The van der Waals surface area contributed by atoms with E-state index in [2.05, 4.69) is 4.98 Å². The summed E-state index contributed by atoms with van der Waals surface area (Å²) in [4.78, 5) is 16.9. The van der Waals surface area contributed by atoms with E-state index < -0.39 is 11.8 Å². The van der Waals surface area contributed by atoms with Crippen LogP contribution in [0.15, 0.2) is 40.9 Å². The molecule has 0 unspecified atom stereocenters. The maximum Gasteiger partial charge on any atom is 0.338 e. The summed E-state index contributed by atoms with van der Waals surface area (Å²) in [6.45, 7) is 0. The van der Waals surface area contributed by atoms with Gasteiger partial charge in [-0.15, -0.1) is 23.1 Å². The Kier molecular flexibility index (Phi) is 3.45. The molecule has 0 aliphatic rings. The summed E-state index contributed by atoms with van der Waals surface area (Å²) in [6, 6.07) is 4.10. The van der Waals surface area contributed by atoms with Gasteiger partial charge in [-0.1, -0.05) is 0 Å². The Bertz CT molecular complexity index is 753. The number of hydrogen-bond donors (Lipinski definition) is 1. The first kappa shape index (κ1) is 13.1. The predicted octanol–water partition coefficient (Wildman–Crippen LogP) is 3.53. The zero-order chi connectivity index (χ0) is 14.1. The molecule has 1 N–H and O–H groups in total. The Morgan fingerprint density at radius 1 is 1.50 bits per heavy atom. The van der Waals surface area contributed by atoms with E-state index in [0.29, 0.717) is 10.6 Å². The van der Waals surface area contributed by atoms with Crippen molar-refractivity contribution in [2.75, 3.05) is 0 Å². The van der Waals surface area contributed by atoms with Crippen LogP contribution in [0.5, 0.6) is 0 Å². The van der Waals surface area contributed by atoms with Crippen molar-refractivity contribution < 1.29 is 14.3 Å². The lowest BCUT2D eigenvalue weighted by atomic mass is 10.2. The van der Waals surface area contributed by atoms with Crippen LogP contribution < -0.4 is 0 Å². The Morgan fingerprint density at radius 3 is 3.10 bits per heavy atom. The SMILES string of the molecule is O=C(O)c1cc(SCc2cn3ccsc3n2)ccc1F. The van der Waals surface area contributed by atoms with Gasteiger partial charge < -0.3 is 5.11 Å². The quantitative estimate of drug-likeness (QED) is 0.749. The lowest BCUT2D eigenvalue weighted by Gasteiger charge is -2.02. The molecule has 0 fully saturated rings. The molecule has 0 saturated carbocycles. The van der Waals surface area contributed by atoms with Crippen molar-refractivity contribution in [2.24, 2.45) is 0 Å². The average molecular weight is 308 g/mol. The van der Waals surface area contributed by atoms with Crippen LogP contribution >= 0.6 is 23.1 Å². The summed E-state index contributed by atoms with van der Waals surface area (Å²) in [6.07, 6.45) is 3.86. The maximum absolute atomic E-state index is 13.3. The van der Waals surface area contributed by atoms with E-state index in [1.54, 1.807) is 17.4 Å². The number of carboxylic acids is 1. The fourth-order valence-corrected chi connectivity index (χ4v) is 3.30. The molecule has 7 heteroatoms. The van der Waals surface area contributed by atoms with Gasteiger partial charge in [-0.2, -0.15) is 0 Å². The Balaban J connectivity index is 1.76. The van der Waals surface area contributed by atoms with Gasteiger partial charge in [-0.25, -0.2) is 14.2 Å². The number of nitrogens with zero attached hydrogens (tertiary/aromatic N) is 2. The van der Waals surface area contributed by atoms with Crippen LogP contribution in [0.3, 0.4) is 0 Å². The maximum atomic E-state index is 13.3. The number of rotatable bonds is 4. The fourth-order valence-electron chi connectivity index (χ4n) is 1.76. The summed E-state index contributed by atoms with van der Waals surface area (Å²) in [5.74, 6) is -1.36. The first-order chi connectivity index (χ1) is 9.63. The zero-order valence-electron chi connectivity index (χ0n) is 10.1. The number of thiazole rings is 1. The van der Waals surface area contributed by atoms with Crippen LogP contribution in [0.25, 0.3) is 4.96 Å². The molecular weight excluding hydrogens is 299 g/mol. The highest BCUT2D eigenvalue weighted by atomic mass is 32.2. The molecule has 0 aliphatic carbocycles. The van der Waals surface area contributed by atoms with Crippen LogP contribution in [0.4, 0.5) is 4.39 Å². The largest absolute Gasteiger partial charge is 0.478 e. The molecule has 0 spiro atoms. The number of benzene rings is 1. The number of fused-ring (bicyclic) bond motifs is 1. The molecule has 0 bridgehead atoms. The van der Waals surface area contributed by atoms with Crippen molar-refractivity contribution in [1.29, 1.82) is 0 Å². The van der Waals surface area contributed by atoms with Crippen LogP contribution in [0.1, 0.15) is 16.1 Å². The number of carboxylic acid groups (broad SMARTS) is 1. The van der Waals surface area contributed by atoms with E-state index in [4.69, 9.17) is 5.11 Å². The Morgan fingerprint density at radius 2 is 2.35 bits per heavy atom. The Hall–Kier alpha value is -1.86. The first-order valence-electron chi connectivity index (χ1n) is 5.70. The topological polar surface area (TPSA) is 54.6 Å². The number of carbonyl (C=O) groups is 1. The number of imidazole rings is 1. The van der Waals surface area contributed by atoms with Crippen LogP contribution in [0.2, 0.25) is 0 Å². The molecule has 0 atom stereocenters. The first-order valence-corrected chi connectivity index (χ1v) is 7.57. The third-order valence-electron chi connectivity index (χ3n) is 2.70. The van der Waals surface area contributed by atoms with E-state index in [9.17, 15) is 9.18 Å². The molecule has 2 aromatic heterocycles. The van der Waals surface area contributed by atoms with E-state index in [-0.39, 0.29) is 5.56 Å². The highest BCUT2D eigenvalue weighted by molar-refractivity contribution is 7.98. The molecule has 0 saturated heterocycles. The molecule has 20 heavy (non-hydrogen) atoms. The Labute approximate surface area is 121 Å². The van der Waals surface area contributed by atoms with Gasteiger partial charge in [-0.05, 0) is 18.2 Å². The van der Waals surface area contributed by atoms with E-state index in [1.807, 2.05) is 22.2 Å². The highest BCUT2D eigenvalue weighted by Crippen LogP contribution is 2.25. The summed E-state index contributed by atoms with van der Waals surface area (Å²) in [7, 11) is 0.